The lowest BCUT2D eigenvalue weighted by atomic mass is 9.95. The van der Waals surface area contributed by atoms with Gasteiger partial charge in [0.25, 0.3) is 5.91 Å². The number of amides is 1. The zero-order valence-corrected chi connectivity index (χ0v) is 17.8. The van der Waals surface area contributed by atoms with Crippen molar-refractivity contribution in [3.8, 4) is 0 Å². The van der Waals surface area contributed by atoms with Crippen molar-refractivity contribution in [2.75, 3.05) is 13.2 Å². The number of hydrogen-bond acceptors (Lipinski definition) is 6. The van der Waals surface area contributed by atoms with Crippen molar-refractivity contribution in [3.05, 3.63) is 32.7 Å². The molecule has 0 aliphatic carbocycles. The highest BCUT2D eigenvalue weighted by Crippen LogP contribution is 2.21. The molecule has 0 fully saturated rings. The lowest BCUT2D eigenvalue weighted by molar-refractivity contribution is -0.159. The van der Waals surface area contributed by atoms with Crippen LogP contribution in [0.15, 0.2) is 27.1 Å². The summed E-state index contributed by atoms with van der Waals surface area (Å²) in [5, 5.41) is 11.8. The Bertz CT molecular complexity index is 703. The number of benzene rings is 1. The van der Waals surface area contributed by atoms with E-state index in [1.54, 1.807) is 19.9 Å². The standard InChI is InChI=1S/C17H19Br2NO7/c1-3-26-13(21)8-12(17(25)27-4-2)14(16(23)24)20-15(22)9-5-10(18)7-11(19)6-9/h5-7,12,14H,3-4,8H2,1-2H3,(H,20,22)(H,23,24)/t12-,14+/m0/s1. The van der Waals surface area contributed by atoms with Crippen LogP contribution < -0.4 is 5.32 Å². The number of carboxylic acids is 1. The van der Waals surface area contributed by atoms with Gasteiger partial charge in [-0.2, -0.15) is 0 Å². The van der Waals surface area contributed by atoms with Gasteiger partial charge >= 0.3 is 17.9 Å². The first-order valence-electron chi connectivity index (χ1n) is 8.01. The summed E-state index contributed by atoms with van der Waals surface area (Å²) < 4.78 is 10.8. The van der Waals surface area contributed by atoms with E-state index in [1.807, 2.05) is 0 Å². The molecule has 1 aromatic carbocycles. The van der Waals surface area contributed by atoms with Crippen molar-refractivity contribution < 1.29 is 33.8 Å². The SMILES string of the molecule is CCOC(=O)C[C@H](C(=O)OCC)[C@@H](NC(=O)c1cc(Br)cc(Br)c1)C(=O)O. The number of carbonyl (C=O) groups is 4. The van der Waals surface area contributed by atoms with E-state index < -0.39 is 42.2 Å². The average Bonchev–Trinajstić information content (AvgIpc) is 2.57. The van der Waals surface area contributed by atoms with Gasteiger partial charge in [-0.15, -0.1) is 0 Å². The van der Waals surface area contributed by atoms with Gasteiger partial charge in [-0.25, -0.2) is 4.79 Å². The minimum absolute atomic E-state index is 0.00295. The van der Waals surface area contributed by atoms with Gasteiger partial charge in [-0.1, -0.05) is 31.9 Å². The van der Waals surface area contributed by atoms with Crippen LogP contribution in [0.25, 0.3) is 0 Å². The van der Waals surface area contributed by atoms with E-state index in [0.717, 1.165) is 0 Å². The average molecular weight is 509 g/mol. The molecule has 0 heterocycles. The Labute approximate surface area is 172 Å². The first kappa shape index (κ1) is 23.1. The van der Waals surface area contributed by atoms with Gasteiger partial charge in [0.05, 0.1) is 25.6 Å². The fourth-order valence-electron chi connectivity index (χ4n) is 2.23. The third-order valence-electron chi connectivity index (χ3n) is 3.36. The van der Waals surface area contributed by atoms with Crippen LogP contribution in [-0.2, 0) is 23.9 Å². The van der Waals surface area contributed by atoms with Crippen LogP contribution in [0.4, 0.5) is 0 Å². The van der Waals surface area contributed by atoms with E-state index in [4.69, 9.17) is 9.47 Å². The van der Waals surface area contributed by atoms with E-state index in [1.165, 1.54) is 12.1 Å². The number of carbonyl (C=O) groups excluding carboxylic acids is 3. The first-order valence-corrected chi connectivity index (χ1v) is 9.60. The van der Waals surface area contributed by atoms with Crippen LogP contribution in [0.3, 0.4) is 0 Å². The van der Waals surface area contributed by atoms with Crippen LogP contribution in [0.5, 0.6) is 0 Å². The Hall–Kier alpha value is -1.94. The van der Waals surface area contributed by atoms with Crippen LogP contribution in [-0.4, -0.2) is 48.2 Å². The van der Waals surface area contributed by atoms with Crippen LogP contribution in [0.1, 0.15) is 30.6 Å². The maximum absolute atomic E-state index is 12.5. The molecule has 8 nitrogen and oxygen atoms in total. The molecule has 1 aromatic rings. The summed E-state index contributed by atoms with van der Waals surface area (Å²) in [4.78, 5) is 48.2. The molecule has 0 aromatic heterocycles. The van der Waals surface area contributed by atoms with Crippen molar-refractivity contribution in [1.29, 1.82) is 0 Å². The Morgan fingerprint density at radius 3 is 2.07 bits per heavy atom. The Kier molecular flexibility index (Phi) is 9.44. The molecule has 0 saturated carbocycles. The molecule has 27 heavy (non-hydrogen) atoms. The highest BCUT2D eigenvalue weighted by Gasteiger charge is 2.38. The molecule has 0 aliphatic heterocycles. The molecule has 0 saturated heterocycles. The molecule has 0 bridgehead atoms. The summed E-state index contributed by atoms with van der Waals surface area (Å²) >= 11 is 6.47. The number of hydrogen-bond donors (Lipinski definition) is 2. The van der Waals surface area contributed by atoms with Gasteiger partial charge in [0.15, 0.2) is 0 Å². The summed E-state index contributed by atoms with van der Waals surface area (Å²) in [6, 6.07) is 3.01. The maximum atomic E-state index is 12.5. The molecule has 1 rings (SSSR count). The monoisotopic (exact) mass is 507 g/mol. The minimum atomic E-state index is -1.67. The van der Waals surface area contributed by atoms with E-state index >= 15 is 0 Å². The number of nitrogens with one attached hydrogen (secondary N) is 1. The second-order valence-electron chi connectivity index (χ2n) is 5.32. The predicted molar refractivity (Wildman–Crippen MR) is 102 cm³/mol. The number of esters is 2. The van der Waals surface area contributed by atoms with Gasteiger partial charge in [0.2, 0.25) is 0 Å². The molecule has 10 heteroatoms. The summed E-state index contributed by atoms with van der Waals surface area (Å²) in [5.74, 6) is -5.29. The van der Waals surface area contributed by atoms with E-state index in [9.17, 15) is 24.3 Å². The topological polar surface area (TPSA) is 119 Å². The zero-order chi connectivity index (χ0) is 20.6. The van der Waals surface area contributed by atoms with E-state index in [0.29, 0.717) is 8.95 Å². The van der Waals surface area contributed by atoms with Crippen molar-refractivity contribution >= 4 is 55.7 Å². The number of halogens is 2. The highest BCUT2D eigenvalue weighted by atomic mass is 79.9. The smallest absolute Gasteiger partial charge is 0.327 e. The highest BCUT2D eigenvalue weighted by molar-refractivity contribution is 9.11. The number of ether oxygens (including phenoxy) is 2. The first-order chi connectivity index (χ1) is 12.7. The largest absolute Gasteiger partial charge is 0.480 e. The summed E-state index contributed by atoms with van der Waals surface area (Å²) in [5.41, 5.74) is 0.168. The molecule has 0 spiro atoms. The molecule has 1 amide bonds. The van der Waals surface area contributed by atoms with Gasteiger partial charge in [-0.3, -0.25) is 14.4 Å². The predicted octanol–water partition coefficient (Wildman–Crippen LogP) is 2.53. The second kappa shape index (κ2) is 11.0. The maximum Gasteiger partial charge on any atom is 0.327 e. The molecule has 148 valence electrons. The van der Waals surface area contributed by atoms with Crippen LogP contribution in [0.2, 0.25) is 0 Å². The van der Waals surface area contributed by atoms with Gasteiger partial charge in [0, 0.05) is 14.5 Å². The number of carboxylic acid groups (broad SMARTS) is 1. The Morgan fingerprint density at radius 1 is 1.04 bits per heavy atom. The fourth-order valence-corrected chi connectivity index (χ4v) is 3.52. The normalized spacial score (nSPS) is 12.6. The molecule has 2 N–H and O–H groups in total. The molecule has 2 atom stereocenters. The van der Waals surface area contributed by atoms with E-state index in [-0.39, 0.29) is 18.8 Å². The van der Waals surface area contributed by atoms with Crippen molar-refractivity contribution in [3.63, 3.8) is 0 Å². The van der Waals surface area contributed by atoms with Crippen LogP contribution >= 0.6 is 31.9 Å². The lowest BCUT2D eigenvalue weighted by Crippen LogP contribution is -2.49. The number of rotatable bonds is 9. The molecule has 0 unspecified atom stereocenters. The molecular weight excluding hydrogens is 490 g/mol. The Morgan fingerprint density at radius 2 is 1.59 bits per heavy atom. The summed E-state index contributed by atoms with van der Waals surface area (Å²) in [6.45, 7) is 3.20. The van der Waals surface area contributed by atoms with Crippen molar-refractivity contribution in [1.82, 2.24) is 5.32 Å². The van der Waals surface area contributed by atoms with Crippen molar-refractivity contribution in [2.24, 2.45) is 5.92 Å². The quantitative estimate of drug-likeness (QED) is 0.492. The summed E-state index contributed by atoms with van der Waals surface area (Å²) in [7, 11) is 0. The fraction of sp³-hybridized carbons (Fsp3) is 0.412. The zero-order valence-electron chi connectivity index (χ0n) is 14.7. The molecular formula is C17H19Br2NO7. The molecule has 0 aliphatic rings. The Balaban J connectivity index is 3.11. The third kappa shape index (κ3) is 7.30. The van der Waals surface area contributed by atoms with Gasteiger partial charge in [-0.05, 0) is 32.0 Å². The van der Waals surface area contributed by atoms with Gasteiger partial charge in [0.1, 0.15) is 6.04 Å². The van der Waals surface area contributed by atoms with Crippen molar-refractivity contribution in [2.45, 2.75) is 26.3 Å². The molecule has 0 radical (unpaired) electrons. The second-order valence-corrected chi connectivity index (χ2v) is 7.15. The van der Waals surface area contributed by atoms with Gasteiger partial charge < -0.3 is 19.9 Å². The lowest BCUT2D eigenvalue weighted by Gasteiger charge is -2.23. The van der Waals surface area contributed by atoms with Crippen LogP contribution in [0, 0.1) is 5.92 Å². The van der Waals surface area contributed by atoms with E-state index in [2.05, 4.69) is 37.2 Å². The summed E-state index contributed by atoms with van der Waals surface area (Å²) in [6.07, 6.45) is -0.536. The minimum Gasteiger partial charge on any atom is -0.480 e. The third-order valence-corrected chi connectivity index (χ3v) is 4.28. The number of aliphatic carboxylic acids is 1.